The SMILES string of the molecule is BrC1CC(Oc2ccc3cccnc3c2)C12CCCC2. The van der Waals surface area contributed by atoms with Gasteiger partial charge in [0.25, 0.3) is 0 Å². The number of benzene rings is 1. The Labute approximate surface area is 127 Å². The van der Waals surface area contributed by atoms with Crippen molar-refractivity contribution in [1.82, 2.24) is 4.98 Å². The highest BCUT2D eigenvalue weighted by atomic mass is 79.9. The molecule has 2 aliphatic rings. The monoisotopic (exact) mass is 331 g/mol. The largest absolute Gasteiger partial charge is 0.490 e. The van der Waals surface area contributed by atoms with Crippen molar-refractivity contribution in [1.29, 1.82) is 0 Å². The molecule has 2 fully saturated rings. The van der Waals surface area contributed by atoms with Crippen molar-refractivity contribution in [2.75, 3.05) is 0 Å². The van der Waals surface area contributed by atoms with E-state index in [0.717, 1.165) is 17.7 Å². The van der Waals surface area contributed by atoms with E-state index in [9.17, 15) is 0 Å². The summed E-state index contributed by atoms with van der Waals surface area (Å²) in [7, 11) is 0. The molecule has 1 heterocycles. The highest BCUT2D eigenvalue weighted by Crippen LogP contribution is 2.57. The van der Waals surface area contributed by atoms with Gasteiger partial charge in [0.05, 0.1) is 5.52 Å². The first-order valence-corrected chi connectivity index (χ1v) is 8.35. The average Bonchev–Trinajstić information content (AvgIpc) is 2.99. The molecular weight excluding hydrogens is 314 g/mol. The van der Waals surface area contributed by atoms with E-state index in [4.69, 9.17) is 4.74 Å². The maximum Gasteiger partial charge on any atom is 0.121 e. The van der Waals surface area contributed by atoms with Crippen molar-refractivity contribution in [2.24, 2.45) is 5.41 Å². The average molecular weight is 332 g/mol. The maximum absolute atomic E-state index is 6.30. The van der Waals surface area contributed by atoms with Crippen molar-refractivity contribution >= 4 is 26.8 Å². The first kappa shape index (κ1) is 12.6. The van der Waals surface area contributed by atoms with Gasteiger partial charge >= 0.3 is 0 Å². The molecular formula is C17H18BrNO. The Morgan fingerprint density at radius 1 is 1.20 bits per heavy atom. The van der Waals surface area contributed by atoms with Crippen LogP contribution in [0.3, 0.4) is 0 Å². The molecule has 0 radical (unpaired) electrons. The second-order valence-electron chi connectivity index (χ2n) is 6.11. The zero-order valence-electron chi connectivity index (χ0n) is 11.4. The fourth-order valence-electron chi connectivity index (χ4n) is 3.82. The van der Waals surface area contributed by atoms with E-state index in [1.807, 2.05) is 12.3 Å². The van der Waals surface area contributed by atoms with Gasteiger partial charge in [0.15, 0.2) is 0 Å². The molecule has 2 nitrogen and oxygen atoms in total. The Morgan fingerprint density at radius 3 is 2.85 bits per heavy atom. The number of hydrogen-bond acceptors (Lipinski definition) is 2. The van der Waals surface area contributed by atoms with Crippen molar-refractivity contribution in [3.8, 4) is 5.75 Å². The Hall–Kier alpha value is -1.09. The van der Waals surface area contributed by atoms with Gasteiger partial charge in [-0.2, -0.15) is 0 Å². The Bertz CT molecular complexity index is 636. The highest BCUT2D eigenvalue weighted by molar-refractivity contribution is 9.09. The van der Waals surface area contributed by atoms with Gasteiger partial charge in [-0.3, -0.25) is 4.98 Å². The van der Waals surface area contributed by atoms with Gasteiger partial charge < -0.3 is 4.74 Å². The number of aromatic nitrogens is 1. The number of hydrogen-bond donors (Lipinski definition) is 0. The summed E-state index contributed by atoms with van der Waals surface area (Å²) in [5.41, 5.74) is 1.40. The molecule has 0 saturated heterocycles. The van der Waals surface area contributed by atoms with E-state index in [2.05, 4.69) is 45.2 Å². The summed E-state index contributed by atoms with van der Waals surface area (Å²) in [5.74, 6) is 0.965. The number of pyridine rings is 1. The Kier molecular flexibility index (Phi) is 2.99. The fraction of sp³-hybridized carbons (Fsp3) is 0.471. The molecule has 2 aliphatic carbocycles. The van der Waals surface area contributed by atoms with E-state index < -0.39 is 0 Å². The van der Waals surface area contributed by atoms with Gasteiger partial charge in [0.2, 0.25) is 0 Å². The summed E-state index contributed by atoms with van der Waals surface area (Å²) in [4.78, 5) is 5.05. The fourth-order valence-corrected chi connectivity index (χ4v) is 4.91. The van der Waals surface area contributed by atoms with Crippen LogP contribution in [-0.4, -0.2) is 15.9 Å². The standard InChI is InChI=1S/C17H18BrNO/c18-15-11-16(17(15)7-1-2-8-17)20-13-6-5-12-4-3-9-19-14(12)10-13/h3-6,9-10,15-16H,1-2,7-8,11H2. The maximum atomic E-state index is 6.30. The lowest BCUT2D eigenvalue weighted by molar-refractivity contribution is -0.0303. The van der Waals surface area contributed by atoms with Crippen LogP contribution in [0.5, 0.6) is 5.75 Å². The van der Waals surface area contributed by atoms with Crippen LogP contribution < -0.4 is 4.74 Å². The van der Waals surface area contributed by atoms with Crippen molar-refractivity contribution < 1.29 is 4.74 Å². The molecule has 0 aliphatic heterocycles. The number of alkyl halides is 1. The summed E-state index contributed by atoms with van der Waals surface area (Å²) in [5, 5.41) is 1.17. The van der Waals surface area contributed by atoms with Crippen LogP contribution in [-0.2, 0) is 0 Å². The smallest absolute Gasteiger partial charge is 0.121 e. The topological polar surface area (TPSA) is 22.1 Å². The number of rotatable bonds is 2. The number of nitrogens with zero attached hydrogens (tertiary/aromatic N) is 1. The highest BCUT2D eigenvalue weighted by Gasteiger charge is 2.56. The third-order valence-corrected chi connectivity index (χ3v) is 6.36. The third-order valence-electron chi connectivity index (χ3n) is 5.08. The zero-order valence-corrected chi connectivity index (χ0v) is 13.0. The lowest BCUT2D eigenvalue weighted by atomic mass is 9.64. The van der Waals surface area contributed by atoms with Crippen LogP contribution in [0.25, 0.3) is 10.9 Å². The van der Waals surface area contributed by atoms with Gasteiger partial charge in [-0.25, -0.2) is 0 Å². The van der Waals surface area contributed by atoms with Gasteiger partial charge in [-0.05, 0) is 37.5 Å². The van der Waals surface area contributed by atoms with Crippen LogP contribution in [0.4, 0.5) is 0 Å². The van der Waals surface area contributed by atoms with Crippen LogP contribution >= 0.6 is 15.9 Å². The summed E-state index contributed by atoms with van der Waals surface area (Å²) < 4.78 is 6.30. The minimum absolute atomic E-state index is 0.371. The Balaban J connectivity index is 1.58. The number of ether oxygens (including phenoxy) is 1. The van der Waals surface area contributed by atoms with Crippen molar-refractivity contribution in [3.63, 3.8) is 0 Å². The Morgan fingerprint density at radius 2 is 2.05 bits per heavy atom. The lowest BCUT2D eigenvalue weighted by Crippen LogP contribution is -2.55. The normalized spacial score (nSPS) is 27.6. The second-order valence-corrected chi connectivity index (χ2v) is 7.21. The number of fused-ring (bicyclic) bond motifs is 1. The molecule has 2 saturated carbocycles. The predicted octanol–water partition coefficient (Wildman–Crippen LogP) is 4.71. The molecule has 0 N–H and O–H groups in total. The van der Waals surface area contributed by atoms with E-state index in [-0.39, 0.29) is 0 Å². The van der Waals surface area contributed by atoms with E-state index >= 15 is 0 Å². The van der Waals surface area contributed by atoms with Crippen molar-refractivity contribution in [3.05, 3.63) is 36.5 Å². The molecule has 2 atom stereocenters. The molecule has 1 aromatic heterocycles. The molecule has 1 aromatic carbocycles. The summed E-state index contributed by atoms with van der Waals surface area (Å²) in [6.45, 7) is 0. The van der Waals surface area contributed by atoms with Gasteiger partial charge in [0.1, 0.15) is 11.9 Å². The second kappa shape index (κ2) is 4.73. The number of halogens is 1. The predicted molar refractivity (Wildman–Crippen MR) is 84.4 cm³/mol. The quantitative estimate of drug-likeness (QED) is 0.743. The molecule has 2 unspecified atom stereocenters. The molecule has 104 valence electrons. The molecule has 4 rings (SSSR count). The molecule has 2 aromatic rings. The van der Waals surface area contributed by atoms with E-state index in [1.165, 1.54) is 31.1 Å². The molecule has 1 spiro atoms. The first-order chi connectivity index (χ1) is 9.78. The summed E-state index contributed by atoms with van der Waals surface area (Å²) >= 11 is 3.85. The first-order valence-electron chi connectivity index (χ1n) is 7.43. The van der Waals surface area contributed by atoms with Crippen LogP contribution in [0.1, 0.15) is 32.1 Å². The lowest BCUT2D eigenvalue weighted by Gasteiger charge is -2.51. The van der Waals surface area contributed by atoms with Crippen LogP contribution in [0.2, 0.25) is 0 Å². The molecule has 3 heteroatoms. The summed E-state index contributed by atoms with van der Waals surface area (Å²) in [6.07, 6.45) is 8.64. The van der Waals surface area contributed by atoms with Crippen molar-refractivity contribution in [2.45, 2.75) is 43.0 Å². The minimum atomic E-state index is 0.371. The van der Waals surface area contributed by atoms with Crippen LogP contribution in [0, 0.1) is 5.41 Å². The molecule has 20 heavy (non-hydrogen) atoms. The van der Waals surface area contributed by atoms with Crippen LogP contribution in [0.15, 0.2) is 36.5 Å². The molecule has 0 amide bonds. The molecule has 0 bridgehead atoms. The van der Waals surface area contributed by atoms with E-state index in [0.29, 0.717) is 16.3 Å². The van der Waals surface area contributed by atoms with Gasteiger partial charge in [0, 0.05) is 27.9 Å². The summed E-state index contributed by atoms with van der Waals surface area (Å²) in [6, 6.07) is 10.3. The van der Waals surface area contributed by atoms with Gasteiger partial charge in [-0.1, -0.05) is 34.8 Å². The minimum Gasteiger partial charge on any atom is -0.490 e. The third kappa shape index (κ3) is 1.86. The van der Waals surface area contributed by atoms with E-state index in [1.54, 1.807) is 0 Å². The zero-order chi connectivity index (χ0) is 13.6. The van der Waals surface area contributed by atoms with Gasteiger partial charge in [-0.15, -0.1) is 0 Å².